The van der Waals surface area contributed by atoms with E-state index in [2.05, 4.69) is 25.2 Å². The fraction of sp³-hybridized carbons (Fsp3) is 0.294. The largest absolute Gasteiger partial charge is 0.497 e. The predicted octanol–water partition coefficient (Wildman–Crippen LogP) is 3.56. The summed E-state index contributed by atoms with van der Waals surface area (Å²) >= 11 is 0. The van der Waals surface area contributed by atoms with Crippen molar-refractivity contribution in [2.75, 3.05) is 19.0 Å². The van der Waals surface area contributed by atoms with Gasteiger partial charge >= 0.3 is 0 Å². The maximum absolute atomic E-state index is 13.9. The molecule has 2 aromatic carbocycles. The SMILES string of the molecule is COc1ccc(F)c(NC(CN)c2cccc(C)c2C)c1. The first-order valence-corrected chi connectivity index (χ1v) is 6.93. The number of rotatable bonds is 5. The van der Waals surface area contributed by atoms with Gasteiger partial charge in [-0.25, -0.2) is 4.39 Å². The van der Waals surface area contributed by atoms with E-state index < -0.39 is 0 Å². The number of hydrogen-bond donors (Lipinski definition) is 2. The number of benzene rings is 2. The van der Waals surface area contributed by atoms with Crippen LogP contribution in [0.5, 0.6) is 5.75 Å². The van der Waals surface area contributed by atoms with Crippen LogP contribution in [0.2, 0.25) is 0 Å². The van der Waals surface area contributed by atoms with Gasteiger partial charge in [0.15, 0.2) is 0 Å². The Kier molecular flexibility index (Phi) is 4.81. The Bertz CT molecular complexity index is 628. The molecule has 0 bridgehead atoms. The van der Waals surface area contributed by atoms with Crippen LogP contribution >= 0.6 is 0 Å². The summed E-state index contributed by atoms with van der Waals surface area (Å²) in [6.45, 7) is 4.48. The lowest BCUT2D eigenvalue weighted by Gasteiger charge is -2.22. The van der Waals surface area contributed by atoms with Gasteiger partial charge in [-0.2, -0.15) is 0 Å². The van der Waals surface area contributed by atoms with Gasteiger partial charge in [-0.05, 0) is 42.7 Å². The molecule has 0 fully saturated rings. The zero-order chi connectivity index (χ0) is 15.4. The van der Waals surface area contributed by atoms with E-state index in [0.717, 1.165) is 5.56 Å². The average Bonchev–Trinajstić information content (AvgIpc) is 2.49. The summed E-state index contributed by atoms with van der Waals surface area (Å²) in [5.74, 6) is 0.287. The minimum absolute atomic E-state index is 0.147. The zero-order valence-corrected chi connectivity index (χ0v) is 12.6. The number of nitrogens with two attached hydrogens (primary N) is 1. The molecule has 21 heavy (non-hydrogen) atoms. The van der Waals surface area contributed by atoms with Crippen LogP contribution < -0.4 is 15.8 Å². The van der Waals surface area contributed by atoms with Crippen LogP contribution in [0.3, 0.4) is 0 Å². The first-order valence-electron chi connectivity index (χ1n) is 6.93. The third kappa shape index (κ3) is 3.34. The minimum atomic E-state index is -0.320. The van der Waals surface area contributed by atoms with Crippen molar-refractivity contribution in [2.24, 2.45) is 5.73 Å². The molecule has 0 saturated heterocycles. The summed E-state index contributed by atoms with van der Waals surface area (Å²) in [5.41, 5.74) is 9.72. The molecule has 1 unspecified atom stereocenters. The van der Waals surface area contributed by atoms with Crippen LogP contribution in [0.15, 0.2) is 36.4 Å². The van der Waals surface area contributed by atoms with Gasteiger partial charge in [0.25, 0.3) is 0 Å². The number of aryl methyl sites for hydroxylation is 1. The van der Waals surface area contributed by atoms with Crippen LogP contribution in [0.25, 0.3) is 0 Å². The van der Waals surface area contributed by atoms with Gasteiger partial charge in [-0.1, -0.05) is 18.2 Å². The molecule has 0 aliphatic carbocycles. The van der Waals surface area contributed by atoms with E-state index in [4.69, 9.17) is 10.5 Å². The van der Waals surface area contributed by atoms with E-state index in [1.54, 1.807) is 19.2 Å². The maximum atomic E-state index is 13.9. The second-order valence-corrected chi connectivity index (χ2v) is 5.07. The fourth-order valence-corrected chi connectivity index (χ4v) is 2.34. The van der Waals surface area contributed by atoms with Crippen molar-refractivity contribution in [2.45, 2.75) is 19.9 Å². The Balaban J connectivity index is 2.33. The van der Waals surface area contributed by atoms with E-state index in [-0.39, 0.29) is 11.9 Å². The summed E-state index contributed by atoms with van der Waals surface area (Å²) in [7, 11) is 1.56. The smallest absolute Gasteiger partial charge is 0.146 e. The Morgan fingerprint density at radius 2 is 2.00 bits per heavy atom. The van der Waals surface area contributed by atoms with Gasteiger partial charge in [0.05, 0.1) is 18.8 Å². The lowest BCUT2D eigenvalue weighted by atomic mass is 9.97. The summed E-state index contributed by atoms with van der Waals surface area (Å²) in [6.07, 6.45) is 0. The maximum Gasteiger partial charge on any atom is 0.146 e. The number of methoxy groups -OCH3 is 1. The molecule has 3 nitrogen and oxygen atoms in total. The second-order valence-electron chi connectivity index (χ2n) is 5.07. The molecule has 0 heterocycles. The van der Waals surface area contributed by atoms with Gasteiger partial charge in [-0.15, -0.1) is 0 Å². The fourth-order valence-electron chi connectivity index (χ4n) is 2.34. The van der Waals surface area contributed by atoms with Crippen molar-refractivity contribution in [3.05, 3.63) is 58.9 Å². The van der Waals surface area contributed by atoms with Gasteiger partial charge < -0.3 is 15.8 Å². The predicted molar refractivity (Wildman–Crippen MR) is 84.3 cm³/mol. The topological polar surface area (TPSA) is 47.3 Å². The molecule has 112 valence electrons. The molecular formula is C17H21FN2O. The average molecular weight is 288 g/mol. The zero-order valence-electron chi connectivity index (χ0n) is 12.6. The van der Waals surface area contributed by atoms with E-state index >= 15 is 0 Å². The molecule has 0 aliphatic rings. The van der Waals surface area contributed by atoms with Crippen molar-refractivity contribution in [1.82, 2.24) is 0 Å². The highest BCUT2D eigenvalue weighted by atomic mass is 19.1. The number of halogens is 1. The first kappa shape index (κ1) is 15.3. The number of anilines is 1. The molecule has 0 aliphatic heterocycles. The van der Waals surface area contributed by atoms with Crippen molar-refractivity contribution in [3.8, 4) is 5.75 Å². The summed E-state index contributed by atoms with van der Waals surface area (Å²) < 4.78 is 19.1. The van der Waals surface area contributed by atoms with Crippen LogP contribution in [0, 0.1) is 19.7 Å². The molecule has 0 spiro atoms. The Morgan fingerprint density at radius 1 is 1.24 bits per heavy atom. The van der Waals surface area contributed by atoms with Gasteiger partial charge in [0.1, 0.15) is 11.6 Å². The Hall–Kier alpha value is -2.07. The summed E-state index contributed by atoms with van der Waals surface area (Å²) in [5, 5.41) is 3.18. The highest BCUT2D eigenvalue weighted by Crippen LogP contribution is 2.27. The summed E-state index contributed by atoms with van der Waals surface area (Å²) in [4.78, 5) is 0. The van der Waals surface area contributed by atoms with Gasteiger partial charge in [0, 0.05) is 12.6 Å². The minimum Gasteiger partial charge on any atom is -0.497 e. The van der Waals surface area contributed by atoms with Crippen LogP contribution in [0.4, 0.5) is 10.1 Å². The van der Waals surface area contributed by atoms with E-state index in [9.17, 15) is 4.39 Å². The van der Waals surface area contributed by atoms with Crippen LogP contribution in [-0.4, -0.2) is 13.7 Å². The number of nitrogens with one attached hydrogen (secondary N) is 1. The molecule has 2 rings (SSSR count). The van der Waals surface area contributed by atoms with Crippen molar-refractivity contribution >= 4 is 5.69 Å². The number of hydrogen-bond acceptors (Lipinski definition) is 3. The van der Waals surface area contributed by atoms with Gasteiger partial charge in [-0.3, -0.25) is 0 Å². The number of ether oxygens (including phenoxy) is 1. The van der Waals surface area contributed by atoms with Crippen molar-refractivity contribution in [1.29, 1.82) is 0 Å². The normalized spacial score (nSPS) is 12.0. The lowest BCUT2D eigenvalue weighted by molar-refractivity contribution is 0.414. The quantitative estimate of drug-likeness (QED) is 0.884. The van der Waals surface area contributed by atoms with Crippen LogP contribution in [0.1, 0.15) is 22.7 Å². The Morgan fingerprint density at radius 3 is 2.67 bits per heavy atom. The third-order valence-electron chi connectivity index (χ3n) is 3.76. The second kappa shape index (κ2) is 6.59. The van der Waals surface area contributed by atoms with Gasteiger partial charge in [0.2, 0.25) is 0 Å². The molecular weight excluding hydrogens is 267 g/mol. The molecule has 0 saturated carbocycles. The standard InChI is InChI=1S/C17H21FN2O/c1-11-5-4-6-14(12(11)2)17(10-19)20-16-9-13(21-3)7-8-15(16)18/h4-9,17,20H,10,19H2,1-3H3. The monoisotopic (exact) mass is 288 g/mol. The van der Waals surface area contributed by atoms with E-state index in [1.807, 2.05) is 12.1 Å². The molecule has 3 N–H and O–H groups in total. The van der Waals surface area contributed by atoms with Crippen molar-refractivity contribution in [3.63, 3.8) is 0 Å². The summed E-state index contributed by atoms with van der Waals surface area (Å²) in [6, 6.07) is 10.5. The first-order chi connectivity index (χ1) is 10.1. The van der Waals surface area contributed by atoms with E-state index in [0.29, 0.717) is 18.0 Å². The van der Waals surface area contributed by atoms with Crippen LogP contribution in [-0.2, 0) is 0 Å². The molecule has 4 heteroatoms. The Labute approximate surface area is 124 Å². The highest BCUT2D eigenvalue weighted by molar-refractivity contribution is 5.52. The molecule has 0 aromatic heterocycles. The van der Waals surface area contributed by atoms with E-state index in [1.165, 1.54) is 17.2 Å². The molecule has 0 radical (unpaired) electrons. The third-order valence-corrected chi connectivity index (χ3v) is 3.76. The van der Waals surface area contributed by atoms with Crippen molar-refractivity contribution < 1.29 is 9.13 Å². The molecule has 0 amide bonds. The lowest BCUT2D eigenvalue weighted by Crippen LogP contribution is -2.22. The highest BCUT2D eigenvalue weighted by Gasteiger charge is 2.15. The molecule has 2 aromatic rings. The molecule has 1 atom stereocenters.